The Hall–Kier alpha value is -4.29. The number of carbonyl (C=O) groups is 1. The second-order valence-electron chi connectivity index (χ2n) is 17.4. The topological polar surface area (TPSA) is 83.5 Å². The minimum Gasteiger partial charge on any atom is -0.462 e. The van der Waals surface area contributed by atoms with Crippen molar-refractivity contribution >= 4 is 30.6 Å². The number of hydrogen-bond acceptors (Lipinski definition) is 9. The predicted molar refractivity (Wildman–Crippen MR) is 227 cm³/mol. The van der Waals surface area contributed by atoms with Crippen molar-refractivity contribution in [3.05, 3.63) is 108 Å². The Balaban J connectivity index is 1.30. The average molecular weight is 779 g/mol. The average Bonchev–Trinajstić information content (AvgIpc) is 3.16. The van der Waals surface area contributed by atoms with E-state index in [-0.39, 0.29) is 17.2 Å². The molecule has 1 saturated heterocycles. The summed E-state index contributed by atoms with van der Waals surface area (Å²) in [6.07, 6.45) is 1.19. The summed E-state index contributed by atoms with van der Waals surface area (Å²) < 4.78 is 19.6. The summed E-state index contributed by atoms with van der Waals surface area (Å²) in [5.41, 5.74) is 2.86. The smallest absolute Gasteiger partial charge is 0.410 e. The van der Waals surface area contributed by atoms with Crippen molar-refractivity contribution in [3.63, 3.8) is 0 Å². The van der Waals surface area contributed by atoms with Gasteiger partial charge in [0.1, 0.15) is 18.0 Å². The minimum atomic E-state index is -2.78. The second kappa shape index (κ2) is 17.9. The van der Waals surface area contributed by atoms with E-state index in [1.807, 2.05) is 39.8 Å². The molecule has 1 atom stereocenters. The quantitative estimate of drug-likeness (QED) is 0.144. The molecule has 1 aromatic heterocycles. The Kier molecular flexibility index (Phi) is 13.2. The molecule has 1 unspecified atom stereocenters. The van der Waals surface area contributed by atoms with Gasteiger partial charge in [-0.1, -0.05) is 112 Å². The molecule has 2 aliphatic heterocycles. The summed E-state index contributed by atoms with van der Waals surface area (Å²) in [5, 5.41) is 2.32. The molecule has 3 aromatic carbocycles. The molecule has 300 valence electrons. The molecule has 56 heavy (non-hydrogen) atoms. The van der Waals surface area contributed by atoms with E-state index in [1.165, 1.54) is 21.5 Å². The lowest BCUT2D eigenvalue weighted by atomic mass is 10.0. The number of likely N-dealkylation sites (N-methyl/N-ethyl adjacent to an activating group) is 1. The lowest BCUT2D eigenvalue weighted by molar-refractivity contribution is 0.0117. The third kappa shape index (κ3) is 9.98. The first-order chi connectivity index (χ1) is 26.7. The number of hydrogen-bond donors (Lipinski definition) is 0. The van der Waals surface area contributed by atoms with Crippen LogP contribution in [0.25, 0.3) is 0 Å². The molecule has 0 N–H and O–H groups in total. The normalized spacial score (nSPS) is 16.8. The number of nitrogens with zero attached hydrogens (tertiary/aromatic N) is 6. The highest BCUT2D eigenvalue weighted by molar-refractivity contribution is 6.99. The fourth-order valence-corrected chi connectivity index (χ4v) is 12.6. The first-order valence-corrected chi connectivity index (χ1v) is 22.1. The zero-order valence-electron chi connectivity index (χ0n) is 34.8. The summed E-state index contributed by atoms with van der Waals surface area (Å²) in [6, 6.07) is 32.3. The SMILES string of the molecule is CN(C)CCOc1nc2c(c(N3CCN(C(=O)OC(C)(C)C)C(CCO[Si](c4ccccc4)(c4ccccc4)C(C)(C)C)C3)n1)CCN(Cc1ccccc1)C2. The van der Waals surface area contributed by atoms with Crippen LogP contribution in [0.2, 0.25) is 5.04 Å². The number of anilines is 1. The maximum atomic E-state index is 13.9. The van der Waals surface area contributed by atoms with Gasteiger partial charge >= 0.3 is 12.1 Å². The molecular weight excluding hydrogens is 717 g/mol. The summed E-state index contributed by atoms with van der Waals surface area (Å²) >= 11 is 0. The first kappa shape index (κ1) is 41.3. The zero-order chi connectivity index (χ0) is 39.9. The number of benzene rings is 3. The second-order valence-corrected chi connectivity index (χ2v) is 21.7. The Morgan fingerprint density at radius 2 is 1.45 bits per heavy atom. The first-order valence-electron chi connectivity index (χ1n) is 20.2. The molecule has 4 aromatic rings. The van der Waals surface area contributed by atoms with E-state index in [1.54, 1.807) is 0 Å². The molecule has 6 rings (SSSR count). The van der Waals surface area contributed by atoms with E-state index < -0.39 is 13.9 Å². The molecule has 1 amide bonds. The summed E-state index contributed by atoms with van der Waals surface area (Å²) in [4.78, 5) is 32.8. The van der Waals surface area contributed by atoms with Crippen LogP contribution in [0.3, 0.4) is 0 Å². The fourth-order valence-electron chi connectivity index (χ4n) is 8.03. The Bertz CT molecular complexity index is 1830. The van der Waals surface area contributed by atoms with Crippen LogP contribution in [0.1, 0.15) is 64.8 Å². The number of rotatable bonds is 13. The highest BCUT2D eigenvalue weighted by Crippen LogP contribution is 2.37. The van der Waals surface area contributed by atoms with E-state index in [0.717, 1.165) is 44.1 Å². The van der Waals surface area contributed by atoms with E-state index in [4.69, 9.17) is 23.9 Å². The van der Waals surface area contributed by atoms with Gasteiger partial charge in [0.05, 0.1) is 11.7 Å². The molecule has 0 bridgehead atoms. The van der Waals surface area contributed by atoms with Crippen LogP contribution in [-0.2, 0) is 28.7 Å². The van der Waals surface area contributed by atoms with Crippen LogP contribution < -0.4 is 20.0 Å². The third-order valence-electron chi connectivity index (χ3n) is 10.7. The summed E-state index contributed by atoms with van der Waals surface area (Å²) in [6.45, 7) is 18.6. The van der Waals surface area contributed by atoms with Gasteiger partial charge in [0, 0.05) is 58.0 Å². The number of piperazine rings is 1. The largest absolute Gasteiger partial charge is 0.462 e. The van der Waals surface area contributed by atoms with Gasteiger partial charge in [-0.15, -0.1) is 0 Å². The maximum Gasteiger partial charge on any atom is 0.410 e. The van der Waals surface area contributed by atoms with Gasteiger partial charge in [0.25, 0.3) is 8.32 Å². The number of aromatic nitrogens is 2. The van der Waals surface area contributed by atoms with Gasteiger partial charge in [0.15, 0.2) is 0 Å². The van der Waals surface area contributed by atoms with Crippen molar-refractivity contribution in [2.75, 3.05) is 64.9 Å². The number of ether oxygens (including phenoxy) is 2. The lowest BCUT2D eigenvalue weighted by Gasteiger charge is -2.45. The van der Waals surface area contributed by atoms with Crippen LogP contribution in [0.15, 0.2) is 91.0 Å². The molecule has 10 nitrogen and oxygen atoms in total. The Labute approximate surface area is 335 Å². The molecule has 0 aliphatic carbocycles. The van der Waals surface area contributed by atoms with E-state index in [2.05, 4.69) is 126 Å². The van der Waals surface area contributed by atoms with Gasteiger partial charge < -0.3 is 28.6 Å². The number of amides is 1. The van der Waals surface area contributed by atoms with Gasteiger partial charge in [-0.05, 0) is 68.7 Å². The van der Waals surface area contributed by atoms with Gasteiger partial charge in [-0.25, -0.2) is 4.79 Å². The van der Waals surface area contributed by atoms with Crippen molar-refractivity contribution in [3.8, 4) is 6.01 Å². The number of fused-ring (bicyclic) bond motifs is 1. The molecule has 2 aliphatic rings. The highest BCUT2D eigenvalue weighted by Gasteiger charge is 2.50. The van der Waals surface area contributed by atoms with Crippen LogP contribution in [0.5, 0.6) is 6.01 Å². The van der Waals surface area contributed by atoms with Gasteiger partial charge in [-0.3, -0.25) is 4.90 Å². The van der Waals surface area contributed by atoms with Crippen LogP contribution in [-0.4, -0.2) is 111 Å². The third-order valence-corrected chi connectivity index (χ3v) is 15.8. The van der Waals surface area contributed by atoms with Gasteiger partial charge in [-0.2, -0.15) is 9.97 Å². The van der Waals surface area contributed by atoms with E-state index in [0.29, 0.717) is 45.3 Å². The fraction of sp³-hybridized carbons (Fsp3) is 0.489. The molecule has 0 radical (unpaired) electrons. The van der Waals surface area contributed by atoms with Crippen LogP contribution in [0.4, 0.5) is 10.6 Å². The molecular formula is C45H62N6O4Si. The Morgan fingerprint density at radius 3 is 2.04 bits per heavy atom. The van der Waals surface area contributed by atoms with Crippen molar-refractivity contribution < 1.29 is 18.7 Å². The summed E-state index contributed by atoms with van der Waals surface area (Å²) in [5.74, 6) is 0.913. The van der Waals surface area contributed by atoms with Gasteiger partial charge in [0.2, 0.25) is 0 Å². The zero-order valence-corrected chi connectivity index (χ0v) is 35.8. The van der Waals surface area contributed by atoms with Crippen molar-refractivity contribution in [1.29, 1.82) is 0 Å². The monoisotopic (exact) mass is 778 g/mol. The van der Waals surface area contributed by atoms with Crippen molar-refractivity contribution in [1.82, 2.24) is 24.7 Å². The van der Waals surface area contributed by atoms with Crippen molar-refractivity contribution in [2.24, 2.45) is 0 Å². The lowest BCUT2D eigenvalue weighted by Crippen LogP contribution is -2.67. The molecule has 0 spiro atoms. The predicted octanol–water partition coefficient (Wildman–Crippen LogP) is 6.37. The maximum absolute atomic E-state index is 13.9. The molecule has 1 fully saturated rings. The highest BCUT2D eigenvalue weighted by atomic mass is 28.4. The van der Waals surface area contributed by atoms with Crippen LogP contribution in [0, 0.1) is 0 Å². The molecule has 0 saturated carbocycles. The molecule has 3 heterocycles. The van der Waals surface area contributed by atoms with E-state index in [9.17, 15) is 4.79 Å². The minimum absolute atomic E-state index is 0.156. The Morgan fingerprint density at radius 1 is 0.821 bits per heavy atom. The van der Waals surface area contributed by atoms with E-state index >= 15 is 0 Å². The standard InChI is InChI=1S/C45H62N6O4Si/c1-44(2,3)55-43(52)51-28-27-50(33-36(51)25-30-54-56(45(4,5)6,37-20-14-10-15-21-37)38-22-16-11-17-23-38)41-39-24-26-49(32-35-18-12-9-13-19-35)34-40(39)46-42(47-41)53-31-29-48(7)8/h9-23,36H,24-34H2,1-8H3. The number of carbonyl (C=O) groups excluding carboxylic acids is 1. The van der Waals surface area contributed by atoms with Crippen LogP contribution >= 0.6 is 0 Å². The molecule has 11 heteroatoms. The summed E-state index contributed by atoms with van der Waals surface area (Å²) in [7, 11) is 1.29. The van der Waals surface area contributed by atoms with Crippen molar-refractivity contribution in [2.45, 2.75) is 84.2 Å².